The van der Waals surface area contributed by atoms with Crippen molar-refractivity contribution in [1.82, 2.24) is 0 Å². The van der Waals surface area contributed by atoms with E-state index in [0.29, 0.717) is 6.54 Å². The zero-order valence-electron chi connectivity index (χ0n) is 12.6. The van der Waals surface area contributed by atoms with Crippen LogP contribution in [0.2, 0.25) is 0 Å². The summed E-state index contributed by atoms with van der Waals surface area (Å²) in [6, 6.07) is 14.2. The van der Waals surface area contributed by atoms with E-state index in [2.05, 4.69) is 53.3 Å². The Morgan fingerprint density at radius 3 is 2.24 bits per heavy atom. The normalized spacial score (nSPS) is 12.2. The summed E-state index contributed by atoms with van der Waals surface area (Å²) < 4.78 is 0.988. The van der Waals surface area contributed by atoms with E-state index in [1.165, 1.54) is 16.8 Å². The fraction of sp³-hybridized carbons (Fsp3) is 0.333. The van der Waals surface area contributed by atoms with Crippen molar-refractivity contribution in [2.45, 2.75) is 32.8 Å². The molecule has 2 aromatic carbocycles. The molecule has 0 radical (unpaired) electrons. The number of halogens is 1. The lowest BCUT2D eigenvalue weighted by Crippen LogP contribution is -2.14. The van der Waals surface area contributed by atoms with Crippen molar-refractivity contribution in [1.29, 1.82) is 0 Å². The smallest absolute Gasteiger partial charge is 0.0962 e. The minimum Gasteiger partial charge on any atom is -0.387 e. The number of aliphatic hydroxyl groups is 1. The standard InChI is InChI=1S/C18H22BrNO/c1-3-13-7-5-8-14(4-2)18(13)20-12-17(21)15-9-6-10-16(19)11-15/h5-11,17,20-21H,3-4,12H2,1-2H3. The van der Waals surface area contributed by atoms with E-state index in [9.17, 15) is 5.11 Å². The highest BCUT2D eigenvalue weighted by atomic mass is 79.9. The average Bonchev–Trinajstić information content (AvgIpc) is 2.52. The van der Waals surface area contributed by atoms with Crippen LogP contribution in [0.4, 0.5) is 5.69 Å². The fourth-order valence-corrected chi connectivity index (χ4v) is 2.92. The molecule has 0 bridgehead atoms. The maximum Gasteiger partial charge on any atom is 0.0962 e. The molecule has 2 aromatic rings. The molecule has 3 heteroatoms. The number of nitrogens with one attached hydrogen (secondary N) is 1. The van der Waals surface area contributed by atoms with Crippen LogP contribution in [0.1, 0.15) is 36.6 Å². The summed E-state index contributed by atoms with van der Waals surface area (Å²) in [6.07, 6.45) is 1.46. The summed E-state index contributed by atoms with van der Waals surface area (Å²) in [4.78, 5) is 0. The Morgan fingerprint density at radius 1 is 1.05 bits per heavy atom. The molecule has 0 heterocycles. The van der Waals surface area contributed by atoms with Gasteiger partial charge in [0.2, 0.25) is 0 Å². The quantitative estimate of drug-likeness (QED) is 0.792. The van der Waals surface area contributed by atoms with Gasteiger partial charge in [0.05, 0.1) is 6.10 Å². The number of benzene rings is 2. The molecule has 0 fully saturated rings. The first kappa shape index (κ1) is 16.1. The average molecular weight is 348 g/mol. The van der Waals surface area contributed by atoms with E-state index in [1.807, 2.05) is 24.3 Å². The minimum atomic E-state index is -0.517. The molecular formula is C18H22BrNO. The molecule has 0 aliphatic carbocycles. The lowest BCUT2D eigenvalue weighted by atomic mass is 10.0. The highest BCUT2D eigenvalue weighted by Gasteiger charge is 2.10. The van der Waals surface area contributed by atoms with E-state index in [4.69, 9.17) is 0 Å². The number of para-hydroxylation sites is 1. The molecular weight excluding hydrogens is 326 g/mol. The topological polar surface area (TPSA) is 32.3 Å². The zero-order valence-corrected chi connectivity index (χ0v) is 14.2. The van der Waals surface area contributed by atoms with Crippen LogP contribution < -0.4 is 5.32 Å². The molecule has 2 rings (SSSR count). The monoisotopic (exact) mass is 347 g/mol. The van der Waals surface area contributed by atoms with E-state index >= 15 is 0 Å². The predicted molar refractivity (Wildman–Crippen MR) is 92.8 cm³/mol. The van der Waals surface area contributed by atoms with Crippen molar-refractivity contribution in [3.63, 3.8) is 0 Å². The summed E-state index contributed by atoms with van der Waals surface area (Å²) in [5, 5.41) is 13.8. The molecule has 1 unspecified atom stereocenters. The van der Waals surface area contributed by atoms with Gasteiger partial charge in [0.15, 0.2) is 0 Å². The van der Waals surface area contributed by atoms with Gasteiger partial charge in [-0.05, 0) is 41.7 Å². The molecule has 2 nitrogen and oxygen atoms in total. The van der Waals surface area contributed by atoms with E-state index < -0.39 is 6.10 Å². The summed E-state index contributed by atoms with van der Waals surface area (Å²) in [5.74, 6) is 0. The highest BCUT2D eigenvalue weighted by molar-refractivity contribution is 9.10. The van der Waals surface area contributed by atoms with E-state index in [-0.39, 0.29) is 0 Å². The second-order valence-electron chi connectivity index (χ2n) is 5.11. The number of hydrogen-bond donors (Lipinski definition) is 2. The molecule has 1 atom stereocenters. The Balaban J connectivity index is 2.12. The Hall–Kier alpha value is -1.32. The third-order valence-electron chi connectivity index (χ3n) is 3.70. The maximum absolute atomic E-state index is 10.4. The predicted octanol–water partition coefficient (Wildman–Crippen LogP) is 4.72. The lowest BCUT2D eigenvalue weighted by Gasteiger charge is -2.18. The van der Waals surface area contributed by atoms with Crippen molar-refractivity contribution >= 4 is 21.6 Å². The van der Waals surface area contributed by atoms with Gasteiger partial charge < -0.3 is 10.4 Å². The molecule has 0 aliphatic heterocycles. The molecule has 0 amide bonds. The van der Waals surface area contributed by atoms with Gasteiger partial charge >= 0.3 is 0 Å². The first-order chi connectivity index (χ1) is 10.2. The van der Waals surface area contributed by atoms with Gasteiger partial charge in [0, 0.05) is 16.7 Å². The molecule has 0 aliphatic rings. The van der Waals surface area contributed by atoms with E-state index in [0.717, 1.165) is 22.9 Å². The van der Waals surface area contributed by atoms with Gasteiger partial charge in [0.25, 0.3) is 0 Å². The highest BCUT2D eigenvalue weighted by Crippen LogP contribution is 2.24. The lowest BCUT2D eigenvalue weighted by molar-refractivity contribution is 0.191. The number of anilines is 1. The van der Waals surface area contributed by atoms with Crippen LogP contribution in [0.15, 0.2) is 46.9 Å². The maximum atomic E-state index is 10.4. The van der Waals surface area contributed by atoms with Crippen molar-refractivity contribution in [3.8, 4) is 0 Å². The van der Waals surface area contributed by atoms with Crippen LogP contribution in [-0.4, -0.2) is 11.7 Å². The van der Waals surface area contributed by atoms with Gasteiger partial charge in [-0.1, -0.05) is 60.1 Å². The van der Waals surface area contributed by atoms with Crippen LogP contribution in [0.3, 0.4) is 0 Å². The van der Waals surface area contributed by atoms with Gasteiger partial charge in [-0.15, -0.1) is 0 Å². The third kappa shape index (κ3) is 4.08. The van der Waals surface area contributed by atoms with E-state index in [1.54, 1.807) is 0 Å². The number of aryl methyl sites for hydroxylation is 2. The Labute approximate surface area is 135 Å². The largest absolute Gasteiger partial charge is 0.387 e. The number of rotatable bonds is 6. The van der Waals surface area contributed by atoms with Gasteiger partial charge in [-0.2, -0.15) is 0 Å². The molecule has 0 saturated heterocycles. The molecule has 0 aromatic heterocycles. The summed E-state index contributed by atoms with van der Waals surface area (Å²) in [6.45, 7) is 4.83. The summed E-state index contributed by atoms with van der Waals surface area (Å²) >= 11 is 3.44. The fourth-order valence-electron chi connectivity index (χ4n) is 2.50. The van der Waals surface area contributed by atoms with Crippen molar-refractivity contribution in [2.24, 2.45) is 0 Å². The van der Waals surface area contributed by atoms with Crippen LogP contribution >= 0.6 is 15.9 Å². The van der Waals surface area contributed by atoms with Crippen LogP contribution in [0, 0.1) is 0 Å². The van der Waals surface area contributed by atoms with Gasteiger partial charge in [-0.25, -0.2) is 0 Å². The van der Waals surface area contributed by atoms with Crippen molar-refractivity contribution in [2.75, 3.05) is 11.9 Å². The Kier molecular flexibility index (Phi) is 5.83. The van der Waals surface area contributed by atoms with Crippen LogP contribution in [0.5, 0.6) is 0 Å². The second kappa shape index (κ2) is 7.62. The first-order valence-electron chi connectivity index (χ1n) is 7.43. The van der Waals surface area contributed by atoms with Crippen molar-refractivity contribution in [3.05, 3.63) is 63.6 Å². The molecule has 0 saturated carbocycles. The first-order valence-corrected chi connectivity index (χ1v) is 8.23. The SMILES string of the molecule is CCc1cccc(CC)c1NCC(O)c1cccc(Br)c1. The van der Waals surface area contributed by atoms with Crippen LogP contribution in [-0.2, 0) is 12.8 Å². The molecule has 112 valence electrons. The van der Waals surface area contributed by atoms with Crippen molar-refractivity contribution < 1.29 is 5.11 Å². The Morgan fingerprint density at radius 2 is 1.67 bits per heavy atom. The van der Waals surface area contributed by atoms with Crippen LogP contribution in [0.25, 0.3) is 0 Å². The van der Waals surface area contributed by atoms with Gasteiger partial charge in [-0.3, -0.25) is 0 Å². The third-order valence-corrected chi connectivity index (χ3v) is 4.20. The minimum absolute atomic E-state index is 0.514. The molecule has 21 heavy (non-hydrogen) atoms. The zero-order chi connectivity index (χ0) is 15.2. The molecule has 0 spiro atoms. The summed E-state index contributed by atoms with van der Waals surface area (Å²) in [5.41, 5.74) is 4.70. The number of aliphatic hydroxyl groups excluding tert-OH is 1. The Bertz CT molecular complexity index is 575. The number of hydrogen-bond acceptors (Lipinski definition) is 2. The molecule has 2 N–H and O–H groups in total. The second-order valence-corrected chi connectivity index (χ2v) is 6.03. The van der Waals surface area contributed by atoms with Gasteiger partial charge in [0.1, 0.15) is 0 Å². The summed E-state index contributed by atoms with van der Waals surface area (Å²) in [7, 11) is 0.